The first-order valence-electron chi connectivity index (χ1n) is 4.53. The van der Waals surface area contributed by atoms with Crippen molar-refractivity contribution in [1.29, 1.82) is 0 Å². The highest BCUT2D eigenvalue weighted by molar-refractivity contribution is 7.92. The number of pyridine rings is 1. The molecule has 0 saturated heterocycles. The molecule has 0 aromatic carbocycles. The Bertz CT molecular complexity index is 438. The third-order valence-corrected chi connectivity index (χ3v) is 4.45. The van der Waals surface area contributed by atoms with Gasteiger partial charge >= 0.3 is 0 Å². The average Bonchev–Trinajstić information content (AvgIpc) is 3.01. The summed E-state index contributed by atoms with van der Waals surface area (Å²) in [5, 5.41) is -0.0361. The fourth-order valence-electron chi connectivity index (χ4n) is 1.28. The SMILES string of the molecule is NCc1ccnc(S(=O)(=O)C2CC2)c1. The molecule has 0 unspecified atom stereocenters. The van der Waals surface area contributed by atoms with E-state index < -0.39 is 9.84 Å². The second-order valence-corrected chi connectivity index (χ2v) is 5.63. The summed E-state index contributed by atoms with van der Waals surface area (Å²) >= 11 is 0. The van der Waals surface area contributed by atoms with E-state index in [1.54, 1.807) is 12.1 Å². The van der Waals surface area contributed by atoms with Gasteiger partial charge in [-0.3, -0.25) is 0 Å². The third-order valence-electron chi connectivity index (χ3n) is 2.29. The lowest BCUT2D eigenvalue weighted by molar-refractivity contribution is 0.591. The van der Waals surface area contributed by atoms with Crippen LogP contribution in [0.4, 0.5) is 0 Å². The lowest BCUT2D eigenvalue weighted by Crippen LogP contribution is -2.10. The molecule has 14 heavy (non-hydrogen) atoms. The molecule has 0 spiro atoms. The Morgan fingerprint density at radius 2 is 2.21 bits per heavy atom. The van der Waals surface area contributed by atoms with E-state index in [1.807, 2.05) is 0 Å². The summed E-state index contributed by atoms with van der Waals surface area (Å²) in [5.41, 5.74) is 6.24. The molecule has 1 heterocycles. The van der Waals surface area contributed by atoms with E-state index >= 15 is 0 Å². The molecular formula is C9H12N2O2S. The molecule has 0 atom stereocenters. The third kappa shape index (κ3) is 1.65. The molecule has 2 N–H and O–H groups in total. The van der Waals surface area contributed by atoms with Crippen LogP contribution < -0.4 is 5.73 Å². The van der Waals surface area contributed by atoms with Gasteiger partial charge in [0.25, 0.3) is 0 Å². The molecule has 2 rings (SSSR count). The number of sulfone groups is 1. The minimum Gasteiger partial charge on any atom is -0.326 e. The van der Waals surface area contributed by atoms with Crippen molar-refractivity contribution in [3.63, 3.8) is 0 Å². The topological polar surface area (TPSA) is 73.0 Å². The van der Waals surface area contributed by atoms with Crippen LogP contribution in [-0.4, -0.2) is 18.7 Å². The van der Waals surface area contributed by atoms with Crippen LogP contribution in [0.25, 0.3) is 0 Å². The Kier molecular flexibility index (Phi) is 2.28. The van der Waals surface area contributed by atoms with E-state index in [2.05, 4.69) is 4.98 Å². The minimum atomic E-state index is -3.17. The lowest BCUT2D eigenvalue weighted by atomic mass is 10.3. The molecule has 1 saturated carbocycles. The molecule has 76 valence electrons. The van der Waals surface area contributed by atoms with Gasteiger partial charge < -0.3 is 5.73 Å². The summed E-state index contributed by atoms with van der Waals surface area (Å²) < 4.78 is 23.5. The van der Waals surface area contributed by atoms with Gasteiger partial charge in [-0.2, -0.15) is 0 Å². The number of aromatic nitrogens is 1. The number of hydrogen-bond acceptors (Lipinski definition) is 4. The molecule has 0 aliphatic heterocycles. The van der Waals surface area contributed by atoms with Gasteiger partial charge in [0.15, 0.2) is 14.9 Å². The summed E-state index contributed by atoms with van der Waals surface area (Å²) in [5.74, 6) is 0. The van der Waals surface area contributed by atoms with Crippen molar-refractivity contribution < 1.29 is 8.42 Å². The van der Waals surface area contributed by atoms with E-state index in [0.717, 1.165) is 18.4 Å². The first-order valence-corrected chi connectivity index (χ1v) is 6.08. The molecule has 1 aliphatic carbocycles. The average molecular weight is 212 g/mol. The fraction of sp³-hybridized carbons (Fsp3) is 0.444. The van der Waals surface area contributed by atoms with Gasteiger partial charge in [0.1, 0.15) is 0 Å². The molecule has 1 aromatic rings. The van der Waals surface area contributed by atoms with E-state index in [1.165, 1.54) is 6.20 Å². The molecule has 5 heteroatoms. The first-order chi connectivity index (χ1) is 6.64. The normalized spacial score (nSPS) is 16.9. The van der Waals surface area contributed by atoms with Crippen LogP contribution in [0.3, 0.4) is 0 Å². The largest absolute Gasteiger partial charge is 0.326 e. The summed E-state index contributed by atoms with van der Waals surface area (Å²) in [6.07, 6.45) is 3.02. The maximum Gasteiger partial charge on any atom is 0.198 e. The molecule has 0 bridgehead atoms. The quantitative estimate of drug-likeness (QED) is 0.790. The second kappa shape index (κ2) is 3.33. The van der Waals surface area contributed by atoms with Crippen LogP contribution in [0.5, 0.6) is 0 Å². The molecule has 1 fully saturated rings. The maximum absolute atomic E-state index is 11.8. The Balaban J connectivity index is 2.40. The van der Waals surface area contributed by atoms with Crippen LogP contribution in [0.15, 0.2) is 23.4 Å². The molecule has 0 radical (unpaired) electrons. The standard InChI is InChI=1S/C9H12N2O2S/c10-6-7-3-4-11-9(5-7)14(12,13)8-1-2-8/h3-5,8H,1-2,6,10H2. The van der Waals surface area contributed by atoms with Crippen LogP contribution in [0, 0.1) is 0 Å². The van der Waals surface area contributed by atoms with Crippen LogP contribution >= 0.6 is 0 Å². The van der Waals surface area contributed by atoms with Crippen molar-refractivity contribution >= 4 is 9.84 Å². The van der Waals surface area contributed by atoms with Crippen molar-refractivity contribution in [2.45, 2.75) is 29.7 Å². The van der Waals surface area contributed by atoms with Crippen LogP contribution in [0.1, 0.15) is 18.4 Å². The summed E-state index contributed by atoms with van der Waals surface area (Å²) in [7, 11) is -3.17. The maximum atomic E-state index is 11.8. The second-order valence-electron chi connectivity index (χ2n) is 3.45. The van der Waals surface area contributed by atoms with Gasteiger partial charge in [0.05, 0.1) is 5.25 Å². The number of rotatable bonds is 3. The summed E-state index contributed by atoms with van der Waals surface area (Å²) in [4.78, 5) is 3.88. The Hall–Kier alpha value is -0.940. The van der Waals surface area contributed by atoms with Gasteiger partial charge in [-0.25, -0.2) is 13.4 Å². The van der Waals surface area contributed by atoms with Crippen molar-refractivity contribution in [2.75, 3.05) is 0 Å². The highest BCUT2D eigenvalue weighted by Gasteiger charge is 2.37. The molecule has 1 aliphatic rings. The van der Waals surface area contributed by atoms with E-state index in [-0.39, 0.29) is 10.3 Å². The molecule has 1 aromatic heterocycles. The number of hydrogen-bond donors (Lipinski definition) is 1. The predicted octanol–water partition coefficient (Wildman–Crippen LogP) is 0.476. The van der Waals surface area contributed by atoms with E-state index in [4.69, 9.17) is 5.73 Å². The molecular weight excluding hydrogens is 200 g/mol. The Labute approximate surface area is 83.1 Å². The smallest absolute Gasteiger partial charge is 0.198 e. The van der Waals surface area contributed by atoms with Gasteiger partial charge in [0.2, 0.25) is 0 Å². The van der Waals surface area contributed by atoms with Gasteiger partial charge in [-0.15, -0.1) is 0 Å². The Morgan fingerprint density at radius 3 is 2.79 bits per heavy atom. The van der Waals surface area contributed by atoms with Crippen molar-refractivity contribution in [3.8, 4) is 0 Å². The zero-order valence-electron chi connectivity index (χ0n) is 7.68. The Morgan fingerprint density at radius 1 is 1.50 bits per heavy atom. The first kappa shape index (κ1) is 9.61. The van der Waals surface area contributed by atoms with E-state index in [0.29, 0.717) is 6.54 Å². The minimum absolute atomic E-state index is 0.169. The highest BCUT2D eigenvalue weighted by atomic mass is 32.2. The summed E-state index contributed by atoms with van der Waals surface area (Å²) in [6, 6.07) is 3.29. The van der Waals surface area contributed by atoms with E-state index in [9.17, 15) is 8.42 Å². The zero-order chi connectivity index (χ0) is 10.2. The zero-order valence-corrected chi connectivity index (χ0v) is 8.50. The van der Waals surface area contributed by atoms with Gasteiger partial charge in [0, 0.05) is 12.7 Å². The highest BCUT2D eigenvalue weighted by Crippen LogP contribution is 2.32. The molecule has 4 nitrogen and oxygen atoms in total. The van der Waals surface area contributed by atoms with Gasteiger partial charge in [-0.05, 0) is 30.5 Å². The fourth-order valence-corrected chi connectivity index (χ4v) is 2.90. The van der Waals surface area contributed by atoms with Crippen molar-refractivity contribution in [2.24, 2.45) is 5.73 Å². The lowest BCUT2D eigenvalue weighted by Gasteiger charge is -2.02. The number of nitrogens with two attached hydrogens (primary N) is 1. The number of nitrogens with zero attached hydrogens (tertiary/aromatic N) is 1. The van der Waals surface area contributed by atoms with Crippen LogP contribution in [-0.2, 0) is 16.4 Å². The van der Waals surface area contributed by atoms with Gasteiger partial charge in [-0.1, -0.05) is 0 Å². The molecule has 0 amide bonds. The summed E-state index contributed by atoms with van der Waals surface area (Å²) in [6.45, 7) is 0.343. The monoisotopic (exact) mass is 212 g/mol. The van der Waals surface area contributed by atoms with Crippen molar-refractivity contribution in [1.82, 2.24) is 4.98 Å². The van der Waals surface area contributed by atoms with Crippen molar-refractivity contribution in [3.05, 3.63) is 23.9 Å². The predicted molar refractivity (Wildman–Crippen MR) is 52.3 cm³/mol. The van der Waals surface area contributed by atoms with Crippen LogP contribution in [0.2, 0.25) is 0 Å².